The number of hydrogen-bond donors (Lipinski definition) is 2. The van der Waals surface area contributed by atoms with E-state index in [9.17, 15) is 9.90 Å². The van der Waals surface area contributed by atoms with Gasteiger partial charge in [-0.3, -0.25) is 4.68 Å². The molecule has 1 aromatic heterocycles. The number of unbranched alkanes of at least 4 members (excludes halogenated alkanes) is 1. The van der Waals surface area contributed by atoms with Crippen LogP contribution in [0.5, 0.6) is 0 Å². The topological polar surface area (TPSA) is 78.6 Å². The quantitative estimate of drug-likeness (QED) is 0.640. The van der Waals surface area contributed by atoms with Crippen molar-refractivity contribution in [1.29, 1.82) is 0 Å². The lowest BCUT2D eigenvalue weighted by Crippen LogP contribution is -2.34. The largest absolute Gasteiger partial charge is 0.465 e. The second-order valence-corrected chi connectivity index (χ2v) is 4.74. The summed E-state index contributed by atoms with van der Waals surface area (Å²) in [6, 6.07) is 0. The first kappa shape index (κ1) is 14.4. The van der Waals surface area contributed by atoms with Gasteiger partial charge in [0, 0.05) is 31.5 Å². The van der Waals surface area contributed by atoms with Crippen LogP contribution in [0.25, 0.3) is 0 Å². The van der Waals surface area contributed by atoms with E-state index in [4.69, 9.17) is 5.11 Å². The van der Waals surface area contributed by atoms with Crippen molar-refractivity contribution in [3.63, 3.8) is 0 Å². The summed E-state index contributed by atoms with van der Waals surface area (Å²) in [7, 11) is 0. The molecule has 0 radical (unpaired) electrons. The lowest BCUT2D eigenvalue weighted by molar-refractivity contribution is 0.139. The molecule has 6 heteroatoms. The number of aliphatic hydroxyl groups is 1. The number of carbonyl (C=O) groups is 1. The van der Waals surface area contributed by atoms with E-state index in [1.807, 2.05) is 6.92 Å². The average molecular weight is 277 g/mol. The molecule has 1 aromatic rings. The number of amides is 1. The molecule has 1 aliphatic rings. The van der Waals surface area contributed by atoms with Crippen molar-refractivity contribution in [3.8, 4) is 11.8 Å². The molecule has 2 heterocycles. The molecule has 0 saturated heterocycles. The smallest absolute Gasteiger partial charge is 0.407 e. The summed E-state index contributed by atoms with van der Waals surface area (Å²) < 4.78 is 1.80. The number of nitrogens with zero attached hydrogens (tertiary/aromatic N) is 3. The molecule has 0 atom stereocenters. The first-order valence-corrected chi connectivity index (χ1v) is 6.73. The van der Waals surface area contributed by atoms with Crippen molar-refractivity contribution in [3.05, 3.63) is 17.0 Å². The van der Waals surface area contributed by atoms with Gasteiger partial charge in [-0.25, -0.2) is 4.79 Å². The third kappa shape index (κ3) is 2.94. The van der Waals surface area contributed by atoms with Gasteiger partial charge >= 0.3 is 6.09 Å². The molecule has 0 bridgehead atoms. The summed E-state index contributed by atoms with van der Waals surface area (Å²) in [6.07, 6.45) is 1.35. The molecular formula is C14H19N3O3. The Kier molecular flexibility index (Phi) is 4.64. The van der Waals surface area contributed by atoms with Gasteiger partial charge in [-0.15, -0.1) is 11.8 Å². The van der Waals surface area contributed by atoms with E-state index in [2.05, 4.69) is 16.9 Å². The van der Waals surface area contributed by atoms with Crippen molar-refractivity contribution in [2.24, 2.45) is 0 Å². The van der Waals surface area contributed by atoms with Crippen LogP contribution in [0.3, 0.4) is 0 Å². The fourth-order valence-electron chi connectivity index (χ4n) is 2.45. The van der Waals surface area contributed by atoms with E-state index in [1.165, 1.54) is 4.90 Å². The molecule has 1 amide bonds. The van der Waals surface area contributed by atoms with Crippen LogP contribution < -0.4 is 0 Å². The Hall–Kier alpha value is -2.00. The van der Waals surface area contributed by atoms with Gasteiger partial charge in [0.1, 0.15) is 0 Å². The van der Waals surface area contributed by atoms with Crippen molar-refractivity contribution >= 4 is 6.09 Å². The monoisotopic (exact) mass is 277 g/mol. The Balaban J connectivity index is 2.15. The standard InChI is InChI=1S/C14H19N3O3/c1-2-3-4-5-7-17-13(10-18)11-9-16(14(19)20)8-6-12(11)15-17/h18H,4-10H2,1H3,(H,19,20). The van der Waals surface area contributed by atoms with E-state index in [0.29, 0.717) is 26.1 Å². The van der Waals surface area contributed by atoms with E-state index >= 15 is 0 Å². The van der Waals surface area contributed by atoms with E-state index in [0.717, 1.165) is 29.8 Å². The van der Waals surface area contributed by atoms with Crippen LogP contribution in [0.4, 0.5) is 4.79 Å². The second-order valence-electron chi connectivity index (χ2n) is 4.74. The first-order valence-electron chi connectivity index (χ1n) is 6.73. The van der Waals surface area contributed by atoms with Gasteiger partial charge in [0.05, 0.1) is 24.5 Å². The van der Waals surface area contributed by atoms with Crippen LogP contribution in [-0.2, 0) is 26.1 Å². The molecule has 0 aliphatic carbocycles. The predicted octanol–water partition coefficient (Wildman–Crippen LogP) is 1.22. The Morgan fingerprint density at radius 2 is 2.30 bits per heavy atom. The van der Waals surface area contributed by atoms with Crippen molar-refractivity contribution < 1.29 is 15.0 Å². The number of hydrogen-bond acceptors (Lipinski definition) is 3. The fraction of sp³-hybridized carbons (Fsp3) is 0.571. The molecule has 0 aromatic carbocycles. The van der Waals surface area contributed by atoms with Gasteiger partial charge in [0.2, 0.25) is 0 Å². The third-order valence-electron chi connectivity index (χ3n) is 3.49. The van der Waals surface area contributed by atoms with Crippen molar-refractivity contribution in [2.75, 3.05) is 6.54 Å². The zero-order valence-corrected chi connectivity index (χ0v) is 11.6. The summed E-state index contributed by atoms with van der Waals surface area (Å²) >= 11 is 0. The minimum atomic E-state index is -0.925. The zero-order chi connectivity index (χ0) is 14.5. The maximum atomic E-state index is 11.0. The number of aryl methyl sites for hydroxylation is 1. The summed E-state index contributed by atoms with van der Waals surface area (Å²) in [4.78, 5) is 12.4. The number of fused-ring (bicyclic) bond motifs is 1. The van der Waals surface area contributed by atoms with Crippen LogP contribution in [0.2, 0.25) is 0 Å². The lowest BCUT2D eigenvalue weighted by atomic mass is 10.1. The van der Waals surface area contributed by atoms with Gasteiger partial charge < -0.3 is 15.1 Å². The lowest BCUT2D eigenvalue weighted by Gasteiger charge is -2.23. The van der Waals surface area contributed by atoms with Gasteiger partial charge in [-0.2, -0.15) is 5.10 Å². The average Bonchev–Trinajstić information content (AvgIpc) is 2.79. The summed E-state index contributed by atoms with van der Waals surface area (Å²) in [5, 5.41) is 23.1. The molecule has 6 nitrogen and oxygen atoms in total. The van der Waals surface area contributed by atoms with Crippen LogP contribution in [0.15, 0.2) is 0 Å². The van der Waals surface area contributed by atoms with Crippen molar-refractivity contribution in [2.45, 2.75) is 45.9 Å². The normalized spacial score (nSPS) is 13.6. The van der Waals surface area contributed by atoms with E-state index in [-0.39, 0.29) is 6.61 Å². The molecule has 0 unspecified atom stereocenters. The molecule has 0 saturated carbocycles. The van der Waals surface area contributed by atoms with E-state index in [1.54, 1.807) is 4.68 Å². The number of carboxylic acid groups (broad SMARTS) is 1. The highest BCUT2D eigenvalue weighted by molar-refractivity contribution is 5.65. The molecule has 0 fully saturated rings. The summed E-state index contributed by atoms with van der Waals surface area (Å²) in [5.41, 5.74) is 2.51. The zero-order valence-electron chi connectivity index (χ0n) is 11.6. The number of aromatic nitrogens is 2. The fourth-order valence-corrected chi connectivity index (χ4v) is 2.45. The highest BCUT2D eigenvalue weighted by Gasteiger charge is 2.26. The van der Waals surface area contributed by atoms with Crippen molar-refractivity contribution in [1.82, 2.24) is 14.7 Å². The van der Waals surface area contributed by atoms with Crippen LogP contribution in [0, 0.1) is 11.8 Å². The minimum absolute atomic E-state index is 0.116. The maximum Gasteiger partial charge on any atom is 0.407 e. The molecule has 108 valence electrons. The Morgan fingerprint density at radius 3 is 2.95 bits per heavy atom. The first-order chi connectivity index (χ1) is 9.67. The van der Waals surface area contributed by atoms with Gasteiger partial charge in [0.25, 0.3) is 0 Å². The number of aliphatic hydroxyl groups excluding tert-OH is 1. The summed E-state index contributed by atoms with van der Waals surface area (Å²) in [5.74, 6) is 5.85. The van der Waals surface area contributed by atoms with Crippen LogP contribution >= 0.6 is 0 Å². The Labute approximate surface area is 118 Å². The van der Waals surface area contributed by atoms with Gasteiger partial charge in [0.15, 0.2) is 0 Å². The molecule has 20 heavy (non-hydrogen) atoms. The molecule has 2 N–H and O–H groups in total. The van der Waals surface area contributed by atoms with Crippen LogP contribution in [-0.4, -0.2) is 37.5 Å². The molecule has 1 aliphatic heterocycles. The second kappa shape index (κ2) is 6.44. The molecule has 2 rings (SSSR count). The van der Waals surface area contributed by atoms with Gasteiger partial charge in [-0.1, -0.05) is 0 Å². The van der Waals surface area contributed by atoms with Gasteiger partial charge in [-0.05, 0) is 13.3 Å². The summed E-state index contributed by atoms with van der Waals surface area (Å²) in [6.45, 7) is 3.17. The third-order valence-corrected chi connectivity index (χ3v) is 3.49. The SMILES string of the molecule is CC#CCCCn1nc2c(c1CO)CN(C(=O)O)CC2. The van der Waals surface area contributed by atoms with E-state index < -0.39 is 6.09 Å². The molecular weight excluding hydrogens is 258 g/mol. The predicted molar refractivity (Wildman–Crippen MR) is 73.0 cm³/mol. The van der Waals surface area contributed by atoms with Crippen LogP contribution in [0.1, 0.15) is 36.7 Å². The molecule has 0 spiro atoms. The highest BCUT2D eigenvalue weighted by Crippen LogP contribution is 2.23. The maximum absolute atomic E-state index is 11.0. The minimum Gasteiger partial charge on any atom is -0.465 e. The number of rotatable bonds is 4. The highest BCUT2D eigenvalue weighted by atomic mass is 16.4. The Morgan fingerprint density at radius 1 is 1.50 bits per heavy atom. The Bertz CT molecular complexity index is 554.